The minimum Gasteiger partial charge on any atom is -0.481 e. The second-order valence-electron chi connectivity index (χ2n) is 3.11. The van der Waals surface area contributed by atoms with Crippen molar-refractivity contribution in [2.24, 2.45) is 0 Å². The van der Waals surface area contributed by atoms with Gasteiger partial charge in [-0.15, -0.1) is 0 Å². The number of aliphatic carboxylic acids is 1. The summed E-state index contributed by atoms with van der Waals surface area (Å²) in [7, 11) is 0. The fourth-order valence-corrected chi connectivity index (χ4v) is 1.15. The number of carboxylic acids is 1. The van der Waals surface area contributed by atoms with Gasteiger partial charge in [-0.3, -0.25) is 4.79 Å². The number of alkyl halides is 3. The summed E-state index contributed by atoms with van der Waals surface area (Å²) in [6, 6.07) is 5.33. The Morgan fingerprint density at radius 3 is 2.59 bits per heavy atom. The molecule has 0 saturated heterocycles. The Bertz CT molecular complexity index is 443. The van der Waals surface area contributed by atoms with E-state index >= 15 is 0 Å². The Kier molecular flexibility index (Phi) is 4.06. The Morgan fingerprint density at radius 2 is 2.06 bits per heavy atom. The fourth-order valence-electron chi connectivity index (χ4n) is 1.06. The van der Waals surface area contributed by atoms with Crippen molar-refractivity contribution in [2.75, 3.05) is 0 Å². The fraction of sp³-hybridized carbons (Fsp3) is 0.200. The standard InChI is InChI=1S/C10H7F3O3S/c11-10(12,13)9(17)16-7-3-1-2-6(4-7)5-8(14)15/h1-4H,5H2,(H,14,15). The summed E-state index contributed by atoms with van der Waals surface area (Å²) in [5.41, 5.74) is 0.333. The summed E-state index contributed by atoms with van der Waals surface area (Å²) in [4.78, 5) is 10.4. The quantitative estimate of drug-likeness (QED) is 0.852. The highest BCUT2D eigenvalue weighted by Crippen LogP contribution is 2.22. The van der Waals surface area contributed by atoms with Gasteiger partial charge >= 0.3 is 12.1 Å². The molecule has 0 aliphatic rings. The van der Waals surface area contributed by atoms with Crippen molar-refractivity contribution in [1.29, 1.82) is 0 Å². The lowest BCUT2D eigenvalue weighted by Crippen LogP contribution is -2.26. The maximum atomic E-state index is 12.1. The van der Waals surface area contributed by atoms with E-state index in [2.05, 4.69) is 17.0 Å². The molecule has 1 rings (SSSR count). The highest BCUT2D eigenvalue weighted by molar-refractivity contribution is 7.80. The number of hydrogen-bond acceptors (Lipinski definition) is 3. The Labute approximate surface area is 99.8 Å². The maximum absolute atomic E-state index is 12.1. The lowest BCUT2D eigenvalue weighted by Gasteiger charge is -2.10. The van der Waals surface area contributed by atoms with Gasteiger partial charge in [0.25, 0.3) is 5.05 Å². The van der Waals surface area contributed by atoms with Crippen molar-refractivity contribution >= 4 is 23.2 Å². The summed E-state index contributed by atoms with van der Waals surface area (Å²) >= 11 is 4.04. The largest absolute Gasteiger partial charge is 0.481 e. The summed E-state index contributed by atoms with van der Waals surface area (Å²) in [6.07, 6.45) is -5.01. The molecule has 0 aliphatic carbocycles. The summed E-state index contributed by atoms with van der Waals surface area (Å²) in [6.45, 7) is 0. The molecule has 0 unspecified atom stereocenters. The molecule has 0 spiro atoms. The second kappa shape index (κ2) is 5.13. The normalized spacial score (nSPS) is 11.0. The van der Waals surface area contributed by atoms with E-state index in [4.69, 9.17) is 5.11 Å². The van der Waals surface area contributed by atoms with E-state index in [-0.39, 0.29) is 12.2 Å². The van der Waals surface area contributed by atoms with Gasteiger partial charge in [0, 0.05) is 0 Å². The molecule has 0 aliphatic heterocycles. The van der Waals surface area contributed by atoms with Gasteiger partial charge in [0.05, 0.1) is 6.42 Å². The number of rotatable bonds is 3. The molecule has 0 amide bonds. The molecule has 92 valence electrons. The van der Waals surface area contributed by atoms with Gasteiger partial charge in [-0.05, 0) is 29.9 Å². The number of carboxylic acid groups (broad SMARTS) is 1. The average molecular weight is 264 g/mol. The molecule has 3 nitrogen and oxygen atoms in total. The molecule has 0 atom stereocenters. The number of halogens is 3. The zero-order valence-corrected chi connectivity index (χ0v) is 9.14. The molecular formula is C10H7F3O3S. The maximum Gasteiger partial charge on any atom is 0.460 e. The van der Waals surface area contributed by atoms with Gasteiger partial charge in [0.2, 0.25) is 0 Å². The molecule has 0 heterocycles. The smallest absolute Gasteiger partial charge is 0.460 e. The molecule has 7 heteroatoms. The zero-order valence-electron chi connectivity index (χ0n) is 8.32. The average Bonchev–Trinajstić information content (AvgIpc) is 2.15. The third-order valence-electron chi connectivity index (χ3n) is 1.70. The molecule has 1 aromatic carbocycles. The van der Waals surface area contributed by atoms with Crippen LogP contribution in [0.3, 0.4) is 0 Å². The first kappa shape index (κ1) is 13.4. The zero-order chi connectivity index (χ0) is 13.1. The van der Waals surface area contributed by atoms with E-state index in [0.717, 1.165) is 0 Å². The molecule has 0 radical (unpaired) electrons. The van der Waals surface area contributed by atoms with Crippen LogP contribution < -0.4 is 4.74 Å². The van der Waals surface area contributed by atoms with Crippen molar-refractivity contribution < 1.29 is 27.8 Å². The first-order chi connectivity index (χ1) is 7.79. The Balaban J connectivity index is 2.79. The number of ether oxygens (including phenoxy) is 1. The summed E-state index contributed by atoms with van der Waals surface area (Å²) in [5, 5.41) is 7.01. The van der Waals surface area contributed by atoms with E-state index in [0.29, 0.717) is 5.56 Å². The third-order valence-corrected chi connectivity index (χ3v) is 2.01. The summed E-state index contributed by atoms with van der Waals surface area (Å²) < 4.78 is 40.7. The van der Waals surface area contributed by atoms with Crippen LogP contribution in [0.2, 0.25) is 0 Å². The van der Waals surface area contributed by atoms with Gasteiger partial charge in [0.1, 0.15) is 5.75 Å². The Morgan fingerprint density at radius 1 is 1.41 bits per heavy atom. The number of benzene rings is 1. The number of hydrogen-bond donors (Lipinski definition) is 1. The van der Waals surface area contributed by atoms with Gasteiger partial charge in [-0.25, -0.2) is 0 Å². The molecule has 0 bridgehead atoms. The van der Waals surface area contributed by atoms with Crippen LogP contribution in [0, 0.1) is 0 Å². The molecule has 0 aromatic heterocycles. The summed E-state index contributed by atoms with van der Waals surface area (Å²) in [5.74, 6) is -1.22. The van der Waals surface area contributed by atoms with E-state index in [1.165, 1.54) is 24.3 Å². The molecule has 17 heavy (non-hydrogen) atoms. The first-order valence-corrected chi connectivity index (χ1v) is 4.79. The van der Waals surface area contributed by atoms with Crippen LogP contribution in [-0.2, 0) is 11.2 Å². The molecule has 1 aromatic rings. The van der Waals surface area contributed by atoms with Crippen molar-refractivity contribution in [3.05, 3.63) is 29.8 Å². The van der Waals surface area contributed by atoms with Gasteiger partial charge in [-0.1, -0.05) is 12.1 Å². The highest BCUT2D eigenvalue weighted by atomic mass is 32.1. The second-order valence-corrected chi connectivity index (χ2v) is 3.48. The monoisotopic (exact) mass is 264 g/mol. The number of thiocarbonyl (C=S) groups is 1. The van der Waals surface area contributed by atoms with Crippen LogP contribution in [0.1, 0.15) is 5.56 Å². The van der Waals surface area contributed by atoms with Crippen LogP contribution >= 0.6 is 12.2 Å². The van der Waals surface area contributed by atoms with Crippen LogP contribution in [0.4, 0.5) is 13.2 Å². The van der Waals surface area contributed by atoms with Crippen molar-refractivity contribution in [3.63, 3.8) is 0 Å². The van der Waals surface area contributed by atoms with Crippen LogP contribution in [-0.4, -0.2) is 22.3 Å². The minimum atomic E-state index is -4.71. The van der Waals surface area contributed by atoms with Gasteiger partial charge < -0.3 is 9.84 Å². The topological polar surface area (TPSA) is 46.5 Å². The lowest BCUT2D eigenvalue weighted by molar-refractivity contribution is -0.136. The number of carbonyl (C=O) groups is 1. The molecule has 0 saturated carbocycles. The minimum absolute atomic E-state index is 0.133. The van der Waals surface area contributed by atoms with Crippen molar-refractivity contribution in [2.45, 2.75) is 12.6 Å². The van der Waals surface area contributed by atoms with E-state index in [9.17, 15) is 18.0 Å². The Hall–Kier alpha value is -1.63. The van der Waals surface area contributed by atoms with E-state index < -0.39 is 17.2 Å². The van der Waals surface area contributed by atoms with Gasteiger partial charge in [-0.2, -0.15) is 13.2 Å². The molecular weight excluding hydrogens is 257 g/mol. The van der Waals surface area contributed by atoms with Crippen molar-refractivity contribution in [3.8, 4) is 5.75 Å². The van der Waals surface area contributed by atoms with E-state index in [1.54, 1.807) is 0 Å². The van der Waals surface area contributed by atoms with E-state index in [1.807, 2.05) is 0 Å². The predicted octanol–water partition coefficient (Wildman–Crippen LogP) is 2.58. The van der Waals surface area contributed by atoms with Gasteiger partial charge in [0.15, 0.2) is 0 Å². The van der Waals surface area contributed by atoms with Crippen LogP contribution in [0.5, 0.6) is 5.75 Å². The highest BCUT2D eigenvalue weighted by Gasteiger charge is 2.36. The van der Waals surface area contributed by atoms with Crippen LogP contribution in [0.25, 0.3) is 0 Å². The lowest BCUT2D eigenvalue weighted by atomic mass is 10.1. The SMILES string of the molecule is O=C(O)Cc1cccc(OC(=S)C(F)(F)F)c1. The first-order valence-electron chi connectivity index (χ1n) is 4.39. The molecule has 0 fully saturated rings. The van der Waals surface area contributed by atoms with Crippen molar-refractivity contribution in [1.82, 2.24) is 0 Å². The third kappa shape index (κ3) is 4.39. The predicted molar refractivity (Wildman–Crippen MR) is 57.1 cm³/mol. The van der Waals surface area contributed by atoms with Crippen LogP contribution in [0.15, 0.2) is 24.3 Å². The molecule has 1 N–H and O–H groups in total.